The number of nitrogens with one attached hydrogen (secondary N) is 2. The van der Waals surface area contributed by atoms with Crippen LogP contribution in [0.5, 0.6) is 0 Å². The monoisotopic (exact) mass is 602 g/mol. The molecular formula is C33H30F4N6O. The van der Waals surface area contributed by atoms with E-state index in [9.17, 15) is 22.4 Å². The van der Waals surface area contributed by atoms with Crippen molar-refractivity contribution in [3.05, 3.63) is 113 Å². The average Bonchev–Trinajstić information content (AvgIpc) is 3.32. The molecule has 3 aliphatic rings. The Kier molecular flexibility index (Phi) is 7.81. The molecule has 1 aliphatic carbocycles. The van der Waals surface area contributed by atoms with Crippen LogP contribution in [0.3, 0.4) is 0 Å². The number of carbonyl (C=O) groups excluding carboxylic acids is 1. The first-order valence-corrected chi connectivity index (χ1v) is 14.2. The standard InChI is InChI=1S/C33H30F4N6O/c1-42(2)24-17-20-8-10-23(16-22(20)18-24)39-32-38-13-12-27(41-32)30-25(6-5-15-43-14-4-3-7-29(30)43)21-9-11-26(34)28(19-21)40-31(44)33(35,36)37/h3-4,6-14,16,19,24H,5,15,17-18H2,1-2H3,(H,40,44)(H,38,39,41). The Balaban J connectivity index is 1.37. The van der Waals surface area contributed by atoms with Crippen LogP contribution in [0.4, 0.5) is 34.9 Å². The number of fused-ring (bicyclic) bond motifs is 2. The molecule has 0 radical (unpaired) electrons. The van der Waals surface area contributed by atoms with Gasteiger partial charge >= 0.3 is 12.1 Å². The summed E-state index contributed by atoms with van der Waals surface area (Å²) in [4.78, 5) is 25.2. The van der Waals surface area contributed by atoms with Gasteiger partial charge in [0, 0.05) is 36.2 Å². The van der Waals surface area contributed by atoms with Crippen molar-refractivity contribution >= 4 is 34.4 Å². The van der Waals surface area contributed by atoms with E-state index in [-0.39, 0.29) is 0 Å². The van der Waals surface area contributed by atoms with E-state index < -0.39 is 23.6 Å². The van der Waals surface area contributed by atoms with Crippen LogP contribution < -0.4 is 10.6 Å². The lowest BCUT2D eigenvalue weighted by Crippen LogP contribution is -2.30. The first-order chi connectivity index (χ1) is 21.1. The zero-order valence-electron chi connectivity index (χ0n) is 24.1. The molecule has 1 unspecified atom stereocenters. The van der Waals surface area contributed by atoms with Gasteiger partial charge in [0.25, 0.3) is 0 Å². The molecule has 226 valence electrons. The summed E-state index contributed by atoms with van der Waals surface area (Å²) in [6.45, 7) is 0.640. The van der Waals surface area contributed by atoms with Crippen LogP contribution in [0.15, 0.2) is 84.9 Å². The number of rotatable bonds is 6. The smallest absolute Gasteiger partial charge is 0.347 e. The van der Waals surface area contributed by atoms with Crippen molar-refractivity contribution in [2.75, 3.05) is 31.3 Å². The van der Waals surface area contributed by atoms with Gasteiger partial charge in [-0.1, -0.05) is 24.3 Å². The summed E-state index contributed by atoms with van der Waals surface area (Å²) in [5.74, 6) is -2.85. The molecule has 1 atom stereocenters. The lowest BCUT2D eigenvalue weighted by Gasteiger charge is -2.25. The summed E-state index contributed by atoms with van der Waals surface area (Å²) >= 11 is 0. The topological polar surface area (TPSA) is 73.4 Å². The number of hydrogen-bond donors (Lipinski definition) is 2. The average molecular weight is 603 g/mol. The normalized spacial score (nSPS) is 17.8. The minimum absolute atomic E-state index is 0.375. The lowest BCUT2D eigenvalue weighted by atomic mass is 9.92. The van der Waals surface area contributed by atoms with Gasteiger partial charge in [0.15, 0.2) is 0 Å². The summed E-state index contributed by atoms with van der Waals surface area (Å²) in [6, 6.07) is 12.2. The summed E-state index contributed by atoms with van der Waals surface area (Å²) in [5.41, 5.74) is 6.05. The van der Waals surface area contributed by atoms with Gasteiger partial charge in [-0.25, -0.2) is 14.4 Å². The van der Waals surface area contributed by atoms with Crippen molar-refractivity contribution in [3.8, 4) is 0 Å². The van der Waals surface area contributed by atoms with Gasteiger partial charge in [-0.3, -0.25) is 4.79 Å². The zero-order valence-corrected chi connectivity index (χ0v) is 24.1. The van der Waals surface area contributed by atoms with Crippen LogP contribution in [-0.4, -0.2) is 58.5 Å². The predicted molar refractivity (Wildman–Crippen MR) is 162 cm³/mol. The molecule has 11 heteroatoms. The van der Waals surface area contributed by atoms with E-state index in [2.05, 4.69) is 46.3 Å². The molecule has 6 rings (SSSR count). The Hall–Kier alpha value is -4.77. The van der Waals surface area contributed by atoms with Gasteiger partial charge in [0.1, 0.15) is 5.82 Å². The van der Waals surface area contributed by atoms with Gasteiger partial charge in [0.05, 0.1) is 17.1 Å². The molecule has 0 bridgehead atoms. The highest BCUT2D eigenvalue weighted by atomic mass is 19.4. The molecule has 0 spiro atoms. The molecule has 3 aromatic rings. The van der Waals surface area contributed by atoms with Crippen molar-refractivity contribution in [1.82, 2.24) is 19.8 Å². The molecule has 1 aromatic heterocycles. The number of anilines is 3. The van der Waals surface area contributed by atoms with E-state index in [0.29, 0.717) is 47.4 Å². The molecule has 44 heavy (non-hydrogen) atoms. The van der Waals surface area contributed by atoms with Crippen molar-refractivity contribution in [2.24, 2.45) is 0 Å². The molecule has 2 aromatic carbocycles. The maximum Gasteiger partial charge on any atom is 0.471 e. The number of benzene rings is 2. The van der Waals surface area contributed by atoms with Gasteiger partial charge in [-0.15, -0.1) is 0 Å². The molecule has 0 saturated carbocycles. The summed E-state index contributed by atoms with van der Waals surface area (Å²) in [6.07, 6.45) is 8.67. The molecule has 2 aliphatic heterocycles. The number of carbonyl (C=O) groups is 1. The highest BCUT2D eigenvalue weighted by Gasteiger charge is 2.39. The van der Waals surface area contributed by atoms with Gasteiger partial charge in [-0.2, -0.15) is 13.2 Å². The van der Waals surface area contributed by atoms with Crippen molar-refractivity contribution in [1.29, 1.82) is 0 Å². The highest BCUT2D eigenvalue weighted by molar-refractivity contribution is 6.07. The molecule has 0 saturated heterocycles. The fourth-order valence-electron chi connectivity index (χ4n) is 5.72. The van der Waals surface area contributed by atoms with E-state index in [1.807, 2.05) is 36.6 Å². The number of amides is 1. The van der Waals surface area contributed by atoms with Crippen LogP contribution in [0.25, 0.3) is 11.1 Å². The lowest BCUT2D eigenvalue weighted by molar-refractivity contribution is -0.167. The van der Waals surface area contributed by atoms with Crippen LogP contribution in [0.2, 0.25) is 0 Å². The first kappa shape index (κ1) is 29.3. The SMILES string of the molecule is CN(C)C1Cc2ccc(Nc3nccc(C4=C5C=CC=CN5CCC=C4c4ccc(F)c(NC(=O)C(F)(F)F)c4)n3)cc2C1. The molecule has 0 fully saturated rings. The van der Waals surface area contributed by atoms with Gasteiger partial charge in [-0.05, 0) is 98.1 Å². The number of hydrogen-bond acceptors (Lipinski definition) is 6. The summed E-state index contributed by atoms with van der Waals surface area (Å²) in [5, 5.41) is 4.99. The Bertz CT molecular complexity index is 1740. The molecule has 7 nitrogen and oxygen atoms in total. The van der Waals surface area contributed by atoms with Crippen molar-refractivity contribution < 1.29 is 22.4 Å². The summed E-state index contributed by atoms with van der Waals surface area (Å²) in [7, 11) is 4.18. The third kappa shape index (κ3) is 6.00. The van der Waals surface area contributed by atoms with Crippen LogP contribution in [0, 0.1) is 5.82 Å². The van der Waals surface area contributed by atoms with Gasteiger partial charge in [0.2, 0.25) is 5.95 Å². The minimum Gasteiger partial charge on any atom is -0.347 e. The number of alkyl halides is 3. The van der Waals surface area contributed by atoms with Crippen LogP contribution >= 0.6 is 0 Å². The molecular weight excluding hydrogens is 572 g/mol. The molecule has 2 N–H and O–H groups in total. The molecule has 1 amide bonds. The quantitative estimate of drug-likeness (QED) is 0.315. The van der Waals surface area contributed by atoms with E-state index >= 15 is 0 Å². The second-order valence-corrected chi connectivity index (χ2v) is 11.1. The minimum atomic E-state index is -5.16. The Morgan fingerprint density at radius 2 is 1.86 bits per heavy atom. The second-order valence-electron chi connectivity index (χ2n) is 11.1. The van der Waals surface area contributed by atoms with E-state index in [4.69, 9.17) is 4.98 Å². The number of halogens is 4. The number of likely N-dealkylation sites (N-methyl/N-ethyl adjacent to an activating group) is 1. The zero-order chi connectivity index (χ0) is 31.0. The third-order valence-electron chi connectivity index (χ3n) is 7.98. The van der Waals surface area contributed by atoms with E-state index in [0.717, 1.165) is 30.3 Å². The maximum atomic E-state index is 14.6. The third-order valence-corrected chi connectivity index (χ3v) is 7.98. The first-order valence-electron chi connectivity index (χ1n) is 14.2. The molecule has 3 heterocycles. The fourth-order valence-corrected chi connectivity index (χ4v) is 5.72. The largest absolute Gasteiger partial charge is 0.471 e. The van der Waals surface area contributed by atoms with Crippen LogP contribution in [0.1, 0.15) is 28.8 Å². The van der Waals surface area contributed by atoms with E-state index in [1.54, 1.807) is 17.6 Å². The Morgan fingerprint density at radius 1 is 1.05 bits per heavy atom. The second kappa shape index (κ2) is 11.7. The Labute approximate surface area is 252 Å². The number of allylic oxidation sites excluding steroid dienone is 5. The number of aromatic nitrogens is 2. The van der Waals surface area contributed by atoms with E-state index in [1.165, 1.54) is 23.3 Å². The predicted octanol–water partition coefficient (Wildman–Crippen LogP) is 6.47. The highest BCUT2D eigenvalue weighted by Crippen LogP contribution is 2.40. The van der Waals surface area contributed by atoms with Gasteiger partial charge < -0.3 is 20.4 Å². The van der Waals surface area contributed by atoms with Crippen molar-refractivity contribution in [3.63, 3.8) is 0 Å². The maximum absolute atomic E-state index is 14.6. The van der Waals surface area contributed by atoms with Crippen molar-refractivity contribution in [2.45, 2.75) is 31.5 Å². The number of nitrogens with zero attached hydrogens (tertiary/aromatic N) is 4. The van der Waals surface area contributed by atoms with Crippen LogP contribution in [-0.2, 0) is 17.6 Å². The fraction of sp³-hybridized carbons (Fsp3) is 0.242. The summed E-state index contributed by atoms with van der Waals surface area (Å²) < 4.78 is 53.5. The Morgan fingerprint density at radius 3 is 2.66 bits per heavy atom.